The number of ether oxygens (including phenoxy) is 2. The molecule has 0 aromatic heterocycles. The highest BCUT2D eigenvalue weighted by Crippen LogP contribution is 2.34. The number of alkyl halides is 3. The maximum atomic E-state index is 13.7. The number of alkyl carbamates (subject to hydrolysis) is 1. The summed E-state index contributed by atoms with van der Waals surface area (Å²) in [6.45, 7) is 2.04. The van der Waals surface area contributed by atoms with Crippen molar-refractivity contribution in [2.24, 2.45) is 0 Å². The molecule has 140 valence electrons. The van der Waals surface area contributed by atoms with E-state index < -0.39 is 34.7 Å². The Morgan fingerprint density at radius 1 is 1.16 bits per heavy atom. The summed E-state index contributed by atoms with van der Waals surface area (Å²) in [5, 5.41) is 2.76. The molecular weight excluding hydrogens is 372 g/mol. The molecule has 0 spiro atoms. The zero-order valence-corrected chi connectivity index (χ0v) is 13.9. The van der Waals surface area contributed by atoms with E-state index in [-0.39, 0.29) is 18.9 Å². The Hall–Kier alpha value is -2.23. The van der Waals surface area contributed by atoms with Crippen LogP contribution >= 0.6 is 11.6 Å². The van der Waals surface area contributed by atoms with Gasteiger partial charge in [0.15, 0.2) is 0 Å². The Labute approximate surface area is 145 Å². The van der Waals surface area contributed by atoms with Crippen molar-refractivity contribution in [1.29, 1.82) is 0 Å². The van der Waals surface area contributed by atoms with Crippen molar-refractivity contribution in [1.82, 2.24) is 5.32 Å². The minimum Gasteiger partial charge on any atom is -0.463 e. The van der Waals surface area contributed by atoms with Gasteiger partial charge in [-0.3, -0.25) is 5.32 Å². The molecule has 0 saturated heterocycles. The average molecular weight is 387 g/mol. The first kappa shape index (κ1) is 20.8. The minimum atomic E-state index is -5.33. The molecular formula is C14H15ClF4N2O4. The molecule has 0 aliphatic heterocycles. The van der Waals surface area contributed by atoms with Crippen molar-refractivity contribution in [3.63, 3.8) is 0 Å². The van der Waals surface area contributed by atoms with Gasteiger partial charge in [-0.2, -0.15) is 13.2 Å². The molecule has 2 N–H and O–H groups in total. The third-order valence-electron chi connectivity index (χ3n) is 2.82. The van der Waals surface area contributed by atoms with E-state index in [4.69, 9.17) is 11.6 Å². The standard InChI is InChI=1S/C14H15ClF4N2O4/c1-3-24-11(22)13(14(17,18)19,21-12(23)25-4-2)20-8-5-6-10(16)9(15)7-8/h5-7,20H,3-4H2,1-2H3,(H,21,23)/t13-/m0/s1. The van der Waals surface area contributed by atoms with Gasteiger partial charge in [-0.1, -0.05) is 11.6 Å². The van der Waals surface area contributed by atoms with Gasteiger partial charge in [0.2, 0.25) is 0 Å². The Bertz CT molecular complexity index is 642. The summed E-state index contributed by atoms with van der Waals surface area (Å²) < 4.78 is 63.1. The second kappa shape index (κ2) is 8.24. The number of esters is 1. The summed E-state index contributed by atoms with van der Waals surface area (Å²) in [5.41, 5.74) is -4.04. The lowest BCUT2D eigenvalue weighted by Gasteiger charge is -2.34. The van der Waals surface area contributed by atoms with Crippen LogP contribution in [0.5, 0.6) is 0 Å². The molecule has 0 fully saturated rings. The summed E-state index contributed by atoms with van der Waals surface area (Å²) in [4.78, 5) is 23.6. The van der Waals surface area contributed by atoms with Gasteiger partial charge in [-0.05, 0) is 32.0 Å². The number of carbonyl (C=O) groups excluding carboxylic acids is 2. The van der Waals surface area contributed by atoms with Crippen LogP contribution in [0.25, 0.3) is 0 Å². The average Bonchev–Trinajstić information content (AvgIpc) is 2.49. The lowest BCUT2D eigenvalue weighted by molar-refractivity contribution is -0.205. The van der Waals surface area contributed by atoms with Crippen LogP contribution in [-0.4, -0.2) is 37.1 Å². The number of anilines is 1. The van der Waals surface area contributed by atoms with Gasteiger partial charge in [0.05, 0.1) is 18.2 Å². The molecule has 6 nitrogen and oxygen atoms in total. The molecule has 1 aromatic carbocycles. The zero-order chi connectivity index (χ0) is 19.3. The fraction of sp³-hybridized carbons (Fsp3) is 0.429. The summed E-state index contributed by atoms with van der Waals surface area (Å²) in [6, 6.07) is 2.53. The van der Waals surface area contributed by atoms with E-state index in [0.717, 1.165) is 18.2 Å². The fourth-order valence-electron chi connectivity index (χ4n) is 1.74. The van der Waals surface area contributed by atoms with Gasteiger partial charge in [-0.15, -0.1) is 0 Å². The second-order valence-electron chi connectivity index (χ2n) is 4.57. The molecule has 11 heteroatoms. The number of halogens is 5. The van der Waals surface area contributed by atoms with Crippen molar-refractivity contribution < 1.29 is 36.6 Å². The smallest absolute Gasteiger partial charge is 0.442 e. The van der Waals surface area contributed by atoms with E-state index >= 15 is 0 Å². The number of hydrogen-bond acceptors (Lipinski definition) is 5. The molecule has 0 aliphatic rings. The highest BCUT2D eigenvalue weighted by molar-refractivity contribution is 6.31. The highest BCUT2D eigenvalue weighted by atomic mass is 35.5. The van der Waals surface area contributed by atoms with Crippen LogP contribution < -0.4 is 10.6 Å². The van der Waals surface area contributed by atoms with Crippen molar-refractivity contribution in [2.45, 2.75) is 25.7 Å². The molecule has 1 rings (SSSR count). The zero-order valence-electron chi connectivity index (χ0n) is 13.2. The first-order chi connectivity index (χ1) is 11.6. The van der Waals surface area contributed by atoms with Crippen LogP contribution in [0.15, 0.2) is 18.2 Å². The monoisotopic (exact) mass is 386 g/mol. The SMILES string of the molecule is CCOC(=O)N[C@@](Nc1ccc(F)c(Cl)c1)(C(=O)OCC)C(F)(F)F. The number of rotatable bonds is 6. The van der Waals surface area contributed by atoms with Crippen LogP contribution in [0.1, 0.15) is 13.8 Å². The summed E-state index contributed by atoms with van der Waals surface area (Å²) in [7, 11) is 0. The summed E-state index contributed by atoms with van der Waals surface area (Å²) in [6.07, 6.45) is -6.83. The normalized spacial score (nSPS) is 13.6. The Kier molecular flexibility index (Phi) is 6.86. The van der Waals surface area contributed by atoms with Crippen molar-refractivity contribution in [3.8, 4) is 0 Å². The number of carbonyl (C=O) groups is 2. The summed E-state index contributed by atoms with van der Waals surface area (Å²) >= 11 is 5.53. The molecule has 0 bridgehead atoms. The van der Waals surface area contributed by atoms with Crippen LogP contribution in [0.4, 0.5) is 28.0 Å². The quantitative estimate of drug-likeness (QED) is 0.445. The van der Waals surface area contributed by atoms with E-state index in [1.54, 1.807) is 0 Å². The largest absolute Gasteiger partial charge is 0.463 e. The van der Waals surface area contributed by atoms with Gasteiger partial charge < -0.3 is 14.8 Å². The molecule has 0 heterocycles. The van der Waals surface area contributed by atoms with E-state index in [9.17, 15) is 27.2 Å². The van der Waals surface area contributed by atoms with Gasteiger partial charge >= 0.3 is 23.9 Å². The van der Waals surface area contributed by atoms with Gasteiger partial charge in [0.1, 0.15) is 5.82 Å². The number of nitrogens with one attached hydrogen (secondary N) is 2. The molecule has 1 atom stereocenters. The number of amides is 1. The van der Waals surface area contributed by atoms with Crippen molar-refractivity contribution >= 4 is 29.4 Å². The minimum absolute atomic E-state index is 0.231. The molecule has 0 unspecified atom stereocenters. The predicted molar refractivity (Wildman–Crippen MR) is 80.6 cm³/mol. The Morgan fingerprint density at radius 3 is 2.24 bits per heavy atom. The first-order valence-corrected chi connectivity index (χ1v) is 7.37. The van der Waals surface area contributed by atoms with Crippen LogP contribution in [-0.2, 0) is 14.3 Å². The fourth-order valence-corrected chi connectivity index (χ4v) is 1.92. The van der Waals surface area contributed by atoms with E-state index in [2.05, 4.69) is 9.47 Å². The van der Waals surface area contributed by atoms with E-state index in [1.165, 1.54) is 19.2 Å². The lowest BCUT2D eigenvalue weighted by atomic mass is 10.1. The Balaban J connectivity index is 3.37. The molecule has 0 saturated carbocycles. The van der Waals surface area contributed by atoms with Crippen LogP contribution in [0, 0.1) is 5.82 Å². The van der Waals surface area contributed by atoms with E-state index in [0.29, 0.717) is 0 Å². The number of benzene rings is 1. The lowest BCUT2D eigenvalue weighted by Crippen LogP contribution is -2.69. The highest BCUT2D eigenvalue weighted by Gasteiger charge is 2.64. The molecule has 0 radical (unpaired) electrons. The molecule has 0 aliphatic carbocycles. The third kappa shape index (κ3) is 4.88. The van der Waals surface area contributed by atoms with Gasteiger partial charge in [-0.25, -0.2) is 14.0 Å². The Morgan fingerprint density at radius 2 is 1.76 bits per heavy atom. The van der Waals surface area contributed by atoms with Crippen LogP contribution in [0.2, 0.25) is 5.02 Å². The maximum Gasteiger partial charge on any atom is 0.442 e. The van der Waals surface area contributed by atoms with E-state index in [1.807, 2.05) is 5.32 Å². The van der Waals surface area contributed by atoms with Gasteiger partial charge in [0.25, 0.3) is 0 Å². The predicted octanol–water partition coefficient (Wildman–Crippen LogP) is 3.46. The molecule has 25 heavy (non-hydrogen) atoms. The van der Waals surface area contributed by atoms with Crippen molar-refractivity contribution in [2.75, 3.05) is 18.5 Å². The first-order valence-electron chi connectivity index (χ1n) is 6.99. The van der Waals surface area contributed by atoms with Crippen molar-refractivity contribution in [3.05, 3.63) is 29.0 Å². The molecule has 1 aromatic rings. The topological polar surface area (TPSA) is 76.7 Å². The third-order valence-corrected chi connectivity index (χ3v) is 3.11. The number of hydrogen-bond donors (Lipinski definition) is 2. The second-order valence-corrected chi connectivity index (χ2v) is 4.97. The van der Waals surface area contributed by atoms with Crippen LogP contribution in [0.3, 0.4) is 0 Å². The maximum absolute atomic E-state index is 13.7. The van der Waals surface area contributed by atoms with Gasteiger partial charge in [0, 0.05) is 5.69 Å². The summed E-state index contributed by atoms with van der Waals surface area (Å²) in [5.74, 6) is -2.70. The molecule has 1 amide bonds.